The molecule has 2 atom stereocenters. The van der Waals surface area contributed by atoms with Crippen molar-refractivity contribution < 1.29 is 10.0 Å². The summed E-state index contributed by atoms with van der Waals surface area (Å²) < 4.78 is 0. The van der Waals surface area contributed by atoms with Crippen molar-refractivity contribution in [3.05, 3.63) is 38.9 Å². The van der Waals surface area contributed by atoms with Gasteiger partial charge in [0.25, 0.3) is 5.69 Å². The van der Waals surface area contributed by atoms with Crippen molar-refractivity contribution in [1.29, 1.82) is 0 Å². The lowest BCUT2D eigenvalue weighted by Gasteiger charge is -2.14. The number of non-ortho nitro benzene ring substituents is 1. The van der Waals surface area contributed by atoms with E-state index in [0.717, 1.165) is 17.1 Å². The highest BCUT2D eigenvalue weighted by atomic mass is 35.5. The molecule has 0 aliphatic carbocycles. The highest BCUT2D eigenvalue weighted by Crippen LogP contribution is 2.30. The van der Waals surface area contributed by atoms with Gasteiger partial charge in [0.2, 0.25) is 0 Å². The molecule has 1 aromatic carbocycles. The molecule has 2 unspecified atom stereocenters. The molecule has 1 aliphatic heterocycles. The quantitative estimate of drug-likeness (QED) is 0.679. The van der Waals surface area contributed by atoms with Crippen molar-refractivity contribution in [2.24, 2.45) is 5.92 Å². The maximum Gasteiger partial charge on any atom is 0.270 e. The molecule has 6 heteroatoms. The number of halogens is 1. The first-order valence-electron chi connectivity index (χ1n) is 5.26. The molecule has 1 N–H and O–H groups in total. The maximum atomic E-state index is 10.6. The van der Waals surface area contributed by atoms with Crippen LogP contribution in [0.4, 0.5) is 5.69 Å². The Morgan fingerprint density at radius 2 is 2.29 bits per heavy atom. The van der Waals surface area contributed by atoms with Crippen molar-refractivity contribution >= 4 is 29.1 Å². The molecule has 2 rings (SSSR count). The van der Waals surface area contributed by atoms with E-state index in [4.69, 9.17) is 11.6 Å². The Labute approximate surface area is 108 Å². The fourth-order valence-corrected chi connectivity index (χ4v) is 3.42. The first-order valence-corrected chi connectivity index (χ1v) is 6.80. The Morgan fingerprint density at radius 1 is 1.53 bits per heavy atom. The van der Waals surface area contributed by atoms with E-state index >= 15 is 0 Å². The number of hydrogen-bond donors (Lipinski definition) is 1. The number of hydrogen-bond acceptors (Lipinski definition) is 4. The molecule has 1 fully saturated rings. The molecule has 0 spiro atoms. The Morgan fingerprint density at radius 3 is 2.82 bits per heavy atom. The van der Waals surface area contributed by atoms with Gasteiger partial charge in [-0.05, 0) is 23.7 Å². The third-order valence-electron chi connectivity index (χ3n) is 2.89. The second-order valence-corrected chi connectivity index (χ2v) is 5.58. The Balaban J connectivity index is 2.14. The zero-order valence-electron chi connectivity index (χ0n) is 9.01. The monoisotopic (exact) mass is 273 g/mol. The zero-order valence-corrected chi connectivity index (χ0v) is 10.6. The van der Waals surface area contributed by atoms with Crippen molar-refractivity contribution in [2.75, 3.05) is 11.5 Å². The molecule has 17 heavy (non-hydrogen) atoms. The topological polar surface area (TPSA) is 63.4 Å². The smallest absolute Gasteiger partial charge is 0.270 e. The maximum absolute atomic E-state index is 10.6. The van der Waals surface area contributed by atoms with Crippen LogP contribution in [0, 0.1) is 16.0 Å². The van der Waals surface area contributed by atoms with Crippen LogP contribution in [-0.4, -0.2) is 27.6 Å². The summed E-state index contributed by atoms with van der Waals surface area (Å²) in [6.07, 6.45) is 0.372. The minimum absolute atomic E-state index is 0.0000883. The molecule has 1 aliphatic rings. The molecule has 0 saturated carbocycles. The summed E-state index contributed by atoms with van der Waals surface area (Å²) in [5.74, 6) is 1.86. The molecule has 92 valence electrons. The van der Waals surface area contributed by atoms with E-state index in [2.05, 4.69) is 0 Å². The van der Waals surface area contributed by atoms with E-state index in [1.165, 1.54) is 12.1 Å². The van der Waals surface area contributed by atoms with Gasteiger partial charge in [-0.25, -0.2) is 0 Å². The van der Waals surface area contributed by atoms with Crippen molar-refractivity contribution in [3.63, 3.8) is 0 Å². The van der Waals surface area contributed by atoms with E-state index in [0.29, 0.717) is 11.4 Å². The lowest BCUT2D eigenvalue weighted by atomic mass is 9.96. The number of thioether (sulfide) groups is 1. The first kappa shape index (κ1) is 12.7. The molecular formula is C11H12ClNO3S. The molecule has 1 saturated heterocycles. The van der Waals surface area contributed by atoms with Gasteiger partial charge in [0.1, 0.15) is 0 Å². The van der Waals surface area contributed by atoms with Crippen LogP contribution in [0.5, 0.6) is 0 Å². The first-order chi connectivity index (χ1) is 8.08. The summed E-state index contributed by atoms with van der Waals surface area (Å²) in [4.78, 5) is 10.1. The van der Waals surface area contributed by atoms with Crippen LogP contribution in [0.1, 0.15) is 5.56 Å². The third kappa shape index (κ3) is 2.91. The van der Waals surface area contributed by atoms with Gasteiger partial charge in [-0.1, -0.05) is 17.7 Å². The van der Waals surface area contributed by atoms with Crippen LogP contribution in [0.3, 0.4) is 0 Å². The van der Waals surface area contributed by atoms with Gasteiger partial charge in [0.05, 0.1) is 16.0 Å². The number of nitro groups is 1. The number of rotatable bonds is 3. The molecule has 0 bridgehead atoms. The van der Waals surface area contributed by atoms with Gasteiger partial charge >= 0.3 is 0 Å². The Bertz CT molecular complexity index is 441. The summed E-state index contributed by atoms with van der Waals surface area (Å²) in [5.41, 5.74) is 0.865. The minimum Gasteiger partial charge on any atom is -0.392 e. The van der Waals surface area contributed by atoms with Gasteiger partial charge in [0, 0.05) is 17.9 Å². The lowest BCUT2D eigenvalue weighted by molar-refractivity contribution is -0.384. The van der Waals surface area contributed by atoms with Crippen molar-refractivity contribution in [1.82, 2.24) is 0 Å². The Kier molecular flexibility index (Phi) is 3.91. The van der Waals surface area contributed by atoms with Crippen LogP contribution in [0.15, 0.2) is 18.2 Å². The summed E-state index contributed by atoms with van der Waals surface area (Å²) >= 11 is 7.73. The minimum atomic E-state index is -0.462. The molecular weight excluding hydrogens is 262 g/mol. The van der Waals surface area contributed by atoms with Gasteiger partial charge in [0.15, 0.2) is 0 Å². The normalized spacial score (nSPS) is 23.9. The van der Waals surface area contributed by atoms with Gasteiger partial charge < -0.3 is 5.11 Å². The highest BCUT2D eigenvalue weighted by Gasteiger charge is 2.26. The van der Waals surface area contributed by atoms with E-state index in [-0.39, 0.29) is 17.7 Å². The van der Waals surface area contributed by atoms with E-state index < -0.39 is 4.92 Å². The van der Waals surface area contributed by atoms with Gasteiger partial charge in [-0.3, -0.25) is 10.1 Å². The Hall–Kier alpha value is -0.780. The van der Waals surface area contributed by atoms with E-state index in [1.54, 1.807) is 17.8 Å². The third-order valence-corrected chi connectivity index (χ3v) is 4.49. The van der Waals surface area contributed by atoms with Crippen molar-refractivity contribution in [2.45, 2.75) is 12.5 Å². The molecule has 0 radical (unpaired) electrons. The molecule has 4 nitrogen and oxygen atoms in total. The summed E-state index contributed by atoms with van der Waals surface area (Å²) in [6.45, 7) is 0. The number of nitro benzene ring substituents is 1. The predicted octanol–water partition coefficient (Wildman–Crippen LogP) is 2.51. The average molecular weight is 274 g/mol. The standard InChI is InChI=1S/C11H12ClNO3S/c12-10-4-9(13(15)16)2-1-7(10)3-8-5-17-6-11(8)14/h1-2,4,8,11,14H,3,5-6H2. The largest absolute Gasteiger partial charge is 0.392 e. The summed E-state index contributed by atoms with van der Waals surface area (Å²) in [7, 11) is 0. The fourth-order valence-electron chi connectivity index (χ4n) is 1.88. The zero-order chi connectivity index (χ0) is 12.4. The molecule has 0 amide bonds. The lowest BCUT2D eigenvalue weighted by Crippen LogP contribution is -2.20. The molecule has 1 aromatic rings. The number of aliphatic hydroxyl groups is 1. The van der Waals surface area contributed by atoms with Crippen LogP contribution in [0.2, 0.25) is 5.02 Å². The number of benzene rings is 1. The second-order valence-electron chi connectivity index (χ2n) is 4.10. The van der Waals surface area contributed by atoms with Gasteiger partial charge in [-0.2, -0.15) is 11.8 Å². The molecule has 0 aromatic heterocycles. The van der Waals surface area contributed by atoms with Crippen LogP contribution >= 0.6 is 23.4 Å². The number of nitrogens with zero attached hydrogens (tertiary/aromatic N) is 1. The highest BCUT2D eigenvalue weighted by molar-refractivity contribution is 7.99. The van der Waals surface area contributed by atoms with Crippen LogP contribution < -0.4 is 0 Å². The van der Waals surface area contributed by atoms with E-state index in [9.17, 15) is 15.2 Å². The number of aliphatic hydroxyl groups excluding tert-OH is 1. The second kappa shape index (κ2) is 5.25. The predicted molar refractivity (Wildman–Crippen MR) is 68.6 cm³/mol. The SMILES string of the molecule is O=[N+]([O-])c1ccc(CC2CSCC2O)c(Cl)c1. The fraction of sp³-hybridized carbons (Fsp3) is 0.455. The van der Waals surface area contributed by atoms with E-state index in [1.807, 2.05) is 0 Å². The summed E-state index contributed by atoms with van der Waals surface area (Å²) in [5, 5.41) is 20.7. The van der Waals surface area contributed by atoms with Crippen molar-refractivity contribution in [3.8, 4) is 0 Å². The van der Waals surface area contributed by atoms with Crippen LogP contribution in [-0.2, 0) is 6.42 Å². The molecule has 1 heterocycles. The summed E-state index contributed by atoms with van der Waals surface area (Å²) in [6, 6.07) is 4.50. The van der Waals surface area contributed by atoms with Gasteiger partial charge in [-0.15, -0.1) is 0 Å². The van der Waals surface area contributed by atoms with Crippen LogP contribution in [0.25, 0.3) is 0 Å². The average Bonchev–Trinajstić information content (AvgIpc) is 2.67.